The van der Waals surface area contributed by atoms with Gasteiger partial charge in [0.2, 0.25) is 0 Å². The second-order valence-corrected chi connectivity index (χ2v) is 4.06. The van der Waals surface area contributed by atoms with Gasteiger partial charge in [0.1, 0.15) is 5.56 Å². The predicted octanol–water partition coefficient (Wildman–Crippen LogP) is 2.00. The van der Waals surface area contributed by atoms with Crippen molar-refractivity contribution in [3.63, 3.8) is 0 Å². The van der Waals surface area contributed by atoms with Crippen LogP contribution in [0.2, 0.25) is 0 Å². The predicted molar refractivity (Wildman–Crippen MR) is 68.1 cm³/mol. The molecule has 2 aromatic rings. The van der Waals surface area contributed by atoms with Gasteiger partial charge in [-0.15, -0.1) is 0 Å². The van der Waals surface area contributed by atoms with Crippen molar-refractivity contribution in [1.82, 2.24) is 0 Å². The largest absolute Gasteiger partial charge is 0.465 e. The molecule has 1 aromatic carbocycles. The van der Waals surface area contributed by atoms with E-state index in [1.54, 1.807) is 6.07 Å². The number of aryl methyl sites for hydroxylation is 2. The molecule has 92 valence electrons. The topological polar surface area (TPSA) is 30.2 Å². The molecule has 3 nitrogen and oxygen atoms in total. The van der Waals surface area contributed by atoms with Gasteiger partial charge in [-0.25, -0.2) is 9.36 Å². The molecular formula is C15H16NO2+. The number of esters is 1. The summed E-state index contributed by atoms with van der Waals surface area (Å²) in [5, 5.41) is 0. The number of pyridine rings is 1. The maximum atomic E-state index is 11.4. The van der Waals surface area contributed by atoms with Crippen molar-refractivity contribution in [2.45, 2.75) is 13.0 Å². The van der Waals surface area contributed by atoms with E-state index in [0.717, 1.165) is 13.0 Å². The lowest BCUT2D eigenvalue weighted by Gasteiger charge is -2.00. The van der Waals surface area contributed by atoms with E-state index in [0.29, 0.717) is 5.56 Å². The van der Waals surface area contributed by atoms with E-state index >= 15 is 0 Å². The van der Waals surface area contributed by atoms with Gasteiger partial charge in [0.15, 0.2) is 18.9 Å². The molecule has 0 aliphatic rings. The van der Waals surface area contributed by atoms with Crippen molar-refractivity contribution in [3.05, 3.63) is 66.0 Å². The summed E-state index contributed by atoms with van der Waals surface area (Å²) in [7, 11) is 1.39. The second kappa shape index (κ2) is 5.96. The molecule has 0 radical (unpaired) electrons. The smallest absolute Gasteiger partial charge is 0.343 e. The van der Waals surface area contributed by atoms with Crippen LogP contribution in [0, 0.1) is 0 Å². The van der Waals surface area contributed by atoms with Crippen LogP contribution in [-0.4, -0.2) is 13.1 Å². The number of carbonyl (C=O) groups is 1. The highest BCUT2D eigenvalue weighted by atomic mass is 16.5. The molecule has 2 rings (SSSR count). The summed E-state index contributed by atoms with van der Waals surface area (Å²) < 4.78 is 6.70. The molecule has 1 heterocycles. The minimum atomic E-state index is -0.302. The normalized spacial score (nSPS) is 10.1. The summed E-state index contributed by atoms with van der Waals surface area (Å²) in [6.07, 6.45) is 4.71. The van der Waals surface area contributed by atoms with Crippen molar-refractivity contribution in [2.75, 3.05) is 7.11 Å². The highest BCUT2D eigenvalue weighted by Gasteiger charge is 2.10. The maximum Gasteiger partial charge on any atom is 0.343 e. The zero-order chi connectivity index (χ0) is 12.8. The molecule has 1 aromatic heterocycles. The Bertz CT molecular complexity index is 523. The van der Waals surface area contributed by atoms with E-state index in [-0.39, 0.29) is 5.97 Å². The Morgan fingerprint density at radius 3 is 2.67 bits per heavy atom. The van der Waals surface area contributed by atoms with E-state index in [2.05, 4.69) is 12.1 Å². The van der Waals surface area contributed by atoms with E-state index in [9.17, 15) is 4.79 Å². The third-order valence-corrected chi connectivity index (χ3v) is 2.78. The number of aromatic nitrogens is 1. The third kappa shape index (κ3) is 3.17. The van der Waals surface area contributed by atoms with Gasteiger partial charge in [-0.3, -0.25) is 0 Å². The van der Waals surface area contributed by atoms with Gasteiger partial charge in [0.25, 0.3) is 0 Å². The van der Waals surface area contributed by atoms with Gasteiger partial charge in [0.05, 0.1) is 7.11 Å². The highest BCUT2D eigenvalue weighted by Crippen LogP contribution is 2.00. The summed E-state index contributed by atoms with van der Waals surface area (Å²) in [5.41, 5.74) is 1.86. The number of carbonyl (C=O) groups excluding carboxylic acids is 1. The number of rotatable bonds is 4. The van der Waals surface area contributed by atoms with E-state index in [1.165, 1.54) is 12.7 Å². The minimum absolute atomic E-state index is 0.302. The molecule has 0 saturated carbocycles. The lowest BCUT2D eigenvalue weighted by molar-refractivity contribution is -0.696. The summed E-state index contributed by atoms with van der Waals surface area (Å²) in [4.78, 5) is 11.4. The van der Waals surface area contributed by atoms with Crippen molar-refractivity contribution in [2.24, 2.45) is 0 Å². The molecule has 0 fully saturated rings. The fourth-order valence-corrected chi connectivity index (χ4v) is 1.80. The van der Waals surface area contributed by atoms with Crippen LogP contribution in [0.3, 0.4) is 0 Å². The summed E-state index contributed by atoms with van der Waals surface area (Å²) >= 11 is 0. The number of hydrogen-bond donors (Lipinski definition) is 0. The quantitative estimate of drug-likeness (QED) is 0.606. The Balaban J connectivity index is 2.04. The number of nitrogens with zero attached hydrogens (tertiary/aromatic N) is 1. The fourth-order valence-electron chi connectivity index (χ4n) is 1.80. The highest BCUT2D eigenvalue weighted by molar-refractivity contribution is 5.88. The van der Waals surface area contributed by atoms with Gasteiger partial charge in [-0.2, -0.15) is 0 Å². The molecule has 0 spiro atoms. The van der Waals surface area contributed by atoms with Crippen LogP contribution in [0.25, 0.3) is 0 Å². The molecule has 0 aliphatic heterocycles. The second-order valence-electron chi connectivity index (χ2n) is 4.06. The van der Waals surface area contributed by atoms with Crippen LogP contribution in [-0.2, 0) is 17.7 Å². The monoisotopic (exact) mass is 242 g/mol. The molecule has 0 unspecified atom stereocenters. The van der Waals surface area contributed by atoms with Crippen molar-refractivity contribution < 1.29 is 14.1 Å². The maximum absolute atomic E-state index is 11.4. The summed E-state index contributed by atoms with van der Waals surface area (Å²) in [6.45, 7) is 0.842. The first-order valence-corrected chi connectivity index (χ1v) is 5.91. The molecule has 3 heteroatoms. The van der Waals surface area contributed by atoms with Gasteiger partial charge < -0.3 is 4.74 Å². The standard InChI is InChI=1S/C15H16NO2/c1-18-15(17)14-8-5-10-16(12-14)11-9-13-6-3-2-4-7-13/h2-8,10,12H,9,11H2,1H3/q+1. The Morgan fingerprint density at radius 2 is 1.94 bits per heavy atom. The zero-order valence-electron chi connectivity index (χ0n) is 10.4. The molecule has 0 N–H and O–H groups in total. The summed E-state index contributed by atoms with van der Waals surface area (Å²) in [6, 6.07) is 13.9. The average Bonchev–Trinajstić information content (AvgIpc) is 2.45. The molecular weight excluding hydrogens is 226 g/mol. The zero-order valence-corrected chi connectivity index (χ0v) is 10.4. The minimum Gasteiger partial charge on any atom is -0.465 e. The molecule has 0 saturated heterocycles. The van der Waals surface area contributed by atoms with Crippen LogP contribution in [0.15, 0.2) is 54.9 Å². The van der Waals surface area contributed by atoms with Gasteiger partial charge >= 0.3 is 5.97 Å². The van der Waals surface area contributed by atoms with Gasteiger partial charge in [0, 0.05) is 12.5 Å². The van der Waals surface area contributed by atoms with Crippen LogP contribution in [0.4, 0.5) is 0 Å². The first-order chi connectivity index (χ1) is 8.79. The van der Waals surface area contributed by atoms with Crippen molar-refractivity contribution in [1.29, 1.82) is 0 Å². The Kier molecular flexibility index (Phi) is 4.07. The molecule has 18 heavy (non-hydrogen) atoms. The average molecular weight is 242 g/mol. The fraction of sp³-hybridized carbons (Fsp3) is 0.200. The third-order valence-electron chi connectivity index (χ3n) is 2.78. The van der Waals surface area contributed by atoms with Crippen molar-refractivity contribution >= 4 is 5.97 Å². The lowest BCUT2D eigenvalue weighted by Crippen LogP contribution is -2.35. The Morgan fingerprint density at radius 1 is 1.17 bits per heavy atom. The molecule has 0 aliphatic carbocycles. The van der Waals surface area contributed by atoms with E-state index in [4.69, 9.17) is 4.74 Å². The number of benzene rings is 1. The van der Waals surface area contributed by atoms with Crippen LogP contribution >= 0.6 is 0 Å². The van der Waals surface area contributed by atoms with Crippen LogP contribution in [0.1, 0.15) is 15.9 Å². The first-order valence-electron chi connectivity index (χ1n) is 5.91. The molecule has 0 atom stereocenters. The molecule has 0 amide bonds. The SMILES string of the molecule is COC(=O)c1ccc[n+](CCc2ccccc2)c1. The lowest BCUT2D eigenvalue weighted by atomic mass is 10.1. The molecule has 0 bridgehead atoms. The number of methoxy groups -OCH3 is 1. The Hall–Kier alpha value is -2.16. The van der Waals surface area contributed by atoms with E-state index < -0.39 is 0 Å². The van der Waals surface area contributed by atoms with Gasteiger partial charge in [-0.05, 0) is 11.6 Å². The first kappa shape index (κ1) is 12.3. The Labute approximate surface area is 107 Å². The number of ether oxygens (including phenoxy) is 1. The van der Waals surface area contributed by atoms with Gasteiger partial charge in [-0.1, -0.05) is 30.3 Å². The van der Waals surface area contributed by atoms with Crippen LogP contribution in [0.5, 0.6) is 0 Å². The van der Waals surface area contributed by atoms with Crippen molar-refractivity contribution in [3.8, 4) is 0 Å². The van der Waals surface area contributed by atoms with Crippen LogP contribution < -0.4 is 4.57 Å². The number of hydrogen-bond acceptors (Lipinski definition) is 2. The summed E-state index contributed by atoms with van der Waals surface area (Å²) in [5.74, 6) is -0.302. The van der Waals surface area contributed by atoms with E-state index in [1.807, 2.05) is 41.2 Å².